The summed E-state index contributed by atoms with van der Waals surface area (Å²) in [5.74, 6) is -2.94. The first-order valence-corrected chi connectivity index (χ1v) is 12.8. The van der Waals surface area contributed by atoms with Crippen LogP contribution in [0.3, 0.4) is 0 Å². The molecule has 4 N–H and O–H groups in total. The summed E-state index contributed by atoms with van der Waals surface area (Å²) in [5.41, 5.74) is -3.93. The zero-order chi connectivity index (χ0) is 27.4. The number of aromatic nitrogens is 2. The second-order valence-corrected chi connectivity index (χ2v) is 11.3. The van der Waals surface area contributed by atoms with Gasteiger partial charge in [0.2, 0.25) is 16.0 Å². The summed E-state index contributed by atoms with van der Waals surface area (Å²) < 4.78 is 31.0. The number of ether oxygens (including phenoxy) is 1. The first kappa shape index (κ1) is 27.4. The molecule has 2 heterocycles. The minimum Gasteiger partial charge on any atom is -0.472 e. The van der Waals surface area contributed by atoms with Crippen LogP contribution in [0.5, 0.6) is 5.75 Å². The highest BCUT2D eigenvalue weighted by Gasteiger charge is 2.46. The van der Waals surface area contributed by atoms with Crippen molar-refractivity contribution in [2.75, 3.05) is 10.2 Å². The number of aliphatic hydroxyl groups is 3. The van der Waals surface area contributed by atoms with E-state index in [9.17, 15) is 28.5 Å². The van der Waals surface area contributed by atoms with Crippen LogP contribution in [0.15, 0.2) is 35.4 Å². The largest absolute Gasteiger partial charge is 0.472 e. The van der Waals surface area contributed by atoms with Gasteiger partial charge in [-0.05, 0) is 51.0 Å². The molecule has 1 aromatic carbocycles. The summed E-state index contributed by atoms with van der Waals surface area (Å²) >= 11 is 0. The van der Waals surface area contributed by atoms with Crippen molar-refractivity contribution in [3.05, 3.63) is 30.5 Å². The monoisotopic (exact) mass is 523 g/mol. The van der Waals surface area contributed by atoms with E-state index >= 15 is 0 Å². The summed E-state index contributed by atoms with van der Waals surface area (Å²) in [6.07, 6.45) is 5.19. The number of carbonyl (C=O) groups is 1. The van der Waals surface area contributed by atoms with Crippen molar-refractivity contribution in [2.24, 2.45) is 0 Å². The number of benzene rings is 1. The maximum Gasteiger partial charge on any atom is 0.272 e. The second-order valence-electron chi connectivity index (χ2n) is 9.50. The zero-order valence-corrected chi connectivity index (χ0v) is 21.0. The molecule has 1 aliphatic carbocycles. The fourth-order valence-electron chi connectivity index (χ4n) is 4.45. The number of rotatable bonds is 7. The number of hydrogen-bond donors (Lipinski definition) is 4. The first-order valence-electron chi connectivity index (χ1n) is 11.4. The molecule has 2 aromatic rings. The van der Waals surface area contributed by atoms with Gasteiger partial charge in [0.25, 0.3) is 5.91 Å². The number of nitrogens with zero attached hydrogens (tertiary/aromatic N) is 4. The highest BCUT2D eigenvalue weighted by molar-refractivity contribution is 7.89. The summed E-state index contributed by atoms with van der Waals surface area (Å²) in [4.78, 5) is 23.1. The molecule has 1 aromatic heterocycles. The van der Waals surface area contributed by atoms with Crippen molar-refractivity contribution in [3.8, 4) is 5.75 Å². The van der Waals surface area contributed by atoms with E-state index in [2.05, 4.69) is 15.3 Å². The van der Waals surface area contributed by atoms with E-state index in [0.29, 0.717) is 17.3 Å². The highest BCUT2D eigenvalue weighted by Crippen LogP contribution is 2.40. The molecule has 4 rings (SSSR count). The van der Waals surface area contributed by atoms with Crippen LogP contribution in [0.1, 0.15) is 39.5 Å². The van der Waals surface area contributed by atoms with Gasteiger partial charge in [-0.3, -0.25) is 9.69 Å². The maximum absolute atomic E-state index is 13.2. The van der Waals surface area contributed by atoms with Gasteiger partial charge in [-0.15, -0.1) is 4.31 Å². The fourth-order valence-corrected chi connectivity index (χ4v) is 5.88. The van der Waals surface area contributed by atoms with Crippen molar-refractivity contribution >= 4 is 56.9 Å². The maximum atomic E-state index is 13.2. The van der Waals surface area contributed by atoms with Crippen LogP contribution >= 0.6 is 0 Å². The molecule has 0 unspecified atom stereocenters. The molecule has 1 saturated carbocycles. The fraction of sp³-hybridized carbons (Fsp3) is 0.476. The molecule has 12 nitrogen and oxygen atoms in total. The van der Waals surface area contributed by atoms with Crippen molar-refractivity contribution in [1.29, 1.82) is 0 Å². The van der Waals surface area contributed by atoms with Crippen LogP contribution in [0.25, 0.3) is 0 Å². The summed E-state index contributed by atoms with van der Waals surface area (Å²) in [6, 6.07) is 4.82. The third-order valence-corrected chi connectivity index (χ3v) is 7.94. The molecule has 37 heavy (non-hydrogen) atoms. The van der Waals surface area contributed by atoms with E-state index in [1.165, 1.54) is 18.3 Å². The Bertz CT molecular complexity index is 1280. The second kappa shape index (κ2) is 9.28. The molecule has 190 valence electrons. The predicted molar refractivity (Wildman–Crippen MR) is 135 cm³/mol. The number of sulfonamides is 1. The standard InChI is InChI=1S/C21H24B3N5O7S/c1-19(2)17(30)28(13-5-3-4-6-13)16-15(36-19)11-25-18(27-16)26-12-7-9-14(10-8-12)37(34,35)29(20(22,23)31)21(24,32)33/h7-11,13,31-33H,3-6H2,1-2H3,(H,25,26,27). The summed E-state index contributed by atoms with van der Waals surface area (Å²) in [6.45, 7) is 3.39. The molecule has 2 aliphatic rings. The SMILES string of the molecule is [B]C([B])(O)N(C([B])(O)O)S(=O)(=O)c1ccc(Nc2ncc3c(n2)N(C2CCCC2)C(=O)C(C)(C)O3)cc1. The number of carbonyl (C=O) groups excluding carboxylic acids is 1. The molecule has 1 amide bonds. The normalized spacial score (nSPS) is 18.5. The van der Waals surface area contributed by atoms with Gasteiger partial charge in [-0.2, -0.15) is 4.98 Å². The quantitative estimate of drug-likeness (QED) is 0.271. The number of amides is 1. The van der Waals surface area contributed by atoms with Gasteiger partial charge >= 0.3 is 0 Å². The lowest BCUT2D eigenvalue weighted by molar-refractivity contribution is -0.194. The van der Waals surface area contributed by atoms with Gasteiger partial charge < -0.3 is 25.4 Å². The minimum absolute atomic E-state index is 0.000981. The average molecular weight is 523 g/mol. The third kappa shape index (κ3) is 5.34. The lowest BCUT2D eigenvalue weighted by Crippen LogP contribution is -2.64. The van der Waals surface area contributed by atoms with Crippen LogP contribution in [-0.4, -0.2) is 90.4 Å². The topological polar surface area (TPSA) is 165 Å². The molecule has 1 fully saturated rings. The smallest absolute Gasteiger partial charge is 0.272 e. The van der Waals surface area contributed by atoms with Crippen molar-refractivity contribution in [1.82, 2.24) is 14.3 Å². The van der Waals surface area contributed by atoms with Gasteiger partial charge in [-0.25, -0.2) is 13.4 Å². The zero-order valence-electron chi connectivity index (χ0n) is 20.2. The molecular weight excluding hydrogens is 499 g/mol. The Balaban J connectivity index is 1.61. The molecule has 0 spiro atoms. The Morgan fingerprint density at radius 1 is 1.14 bits per heavy atom. The molecule has 6 radical (unpaired) electrons. The lowest BCUT2D eigenvalue weighted by atomic mass is 9.72. The van der Waals surface area contributed by atoms with Crippen LogP contribution < -0.4 is 15.0 Å². The number of fused-ring (bicyclic) bond motifs is 1. The predicted octanol–water partition coefficient (Wildman–Crippen LogP) is -0.637. The van der Waals surface area contributed by atoms with Crippen molar-refractivity contribution in [2.45, 2.75) is 67.4 Å². The van der Waals surface area contributed by atoms with Gasteiger partial charge in [0.05, 0.1) is 16.6 Å². The van der Waals surface area contributed by atoms with Crippen LogP contribution in [0, 0.1) is 0 Å². The van der Waals surface area contributed by atoms with Gasteiger partial charge in [0.1, 0.15) is 15.7 Å². The molecule has 0 saturated heterocycles. The Morgan fingerprint density at radius 2 is 1.73 bits per heavy atom. The van der Waals surface area contributed by atoms with Crippen LogP contribution in [-0.2, 0) is 14.8 Å². The average Bonchev–Trinajstić information content (AvgIpc) is 3.27. The number of anilines is 3. The Hall–Kier alpha value is -2.65. The molecule has 0 atom stereocenters. The van der Waals surface area contributed by atoms with E-state index < -0.39 is 36.2 Å². The van der Waals surface area contributed by atoms with E-state index in [1.54, 1.807) is 18.7 Å². The number of nitrogens with one attached hydrogen (secondary N) is 1. The lowest BCUT2D eigenvalue weighted by Gasteiger charge is -2.41. The van der Waals surface area contributed by atoms with E-state index in [0.717, 1.165) is 37.8 Å². The molecular formula is C21H24B3N5O7S. The first-order chi connectivity index (χ1) is 17.0. The number of hydrogen-bond acceptors (Lipinski definition) is 10. The van der Waals surface area contributed by atoms with E-state index in [4.69, 9.17) is 28.3 Å². The molecule has 0 bridgehead atoms. The Kier molecular flexibility index (Phi) is 6.87. The molecule has 1 aliphatic heterocycles. The molecule has 16 heteroatoms. The van der Waals surface area contributed by atoms with Crippen LogP contribution in [0.2, 0.25) is 0 Å². The van der Waals surface area contributed by atoms with Gasteiger partial charge in [0, 0.05) is 11.7 Å². The van der Waals surface area contributed by atoms with E-state index in [1.807, 2.05) is 0 Å². The van der Waals surface area contributed by atoms with Gasteiger partial charge in [0.15, 0.2) is 30.8 Å². The van der Waals surface area contributed by atoms with Crippen molar-refractivity contribution < 1.29 is 33.3 Å². The minimum atomic E-state index is -4.86. The third-order valence-electron chi connectivity index (χ3n) is 6.03. The summed E-state index contributed by atoms with van der Waals surface area (Å²) in [5, 5.41) is 31.9. The Labute approximate surface area is 218 Å². The van der Waals surface area contributed by atoms with Crippen molar-refractivity contribution in [3.63, 3.8) is 0 Å². The van der Waals surface area contributed by atoms with E-state index in [-0.39, 0.29) is 17.9 Å². The highest BCUT2D eigenvalue weighted by atomic mass is 32.2. The van der Waals surface area contributed by atoms with Gasteiger partial charge in [-0.1, -0.05) is 12.8 Å². The Morgan fingerprint density at radius 3 is 2.27 bits per heavy atom. The summed E-state index contributed by atoms with van der Waals surface area (Å²) in [7, 11) is 10.5. The van der Waals surface area contributed by atoms with Crippen LogP contribution in [0.4, 0.5) is 17.5 Å².